The number of thiophene rings is 1. The number of rotatable bonds is 1. The Bertz CT molecular complexity index is 235. The van der Waals surface area contributed by atoms with Crippen LogP contribution in [0.4, 0.5) is 12.9 Å². The van der Waals surface area contributed by atoms with Gasteiger partial charge in [-0.1, -0.05) is 17.1 Å². The molecule has 0 fully saturated rings. The number of hydrogen-bond acceptors (Lipinski definition) is 1. The molecule has 56 valence electrons. The van der Waals surface area contributed by atoms with Crippen molar-refractivity contribution in [3.8, 4) is 0 Å². The Morgan fingerprint density at radius 1 is 1.27 bits per heavy atom. The third-order valence-electron chi connectivity index (χ3n) is 0.995. The normalized spacial score (nSPS) is 10.9. The van der Waals surface area contributed by atoms with Crippen molar-refractivity contribution >= 4 is 35.4 Å². The first-order valence-corrected chi connectivity index (χ1v) is 3.75. The van der Waals surface area contributed by atoms with Crippen molar-refractivity contribution in [1.29, 1.82) is 0 Å². The molecule has 1 rings (SSSR count). The van der Waals surface area contributed by atoms with Gasteiger partial charge in [-0.05, 0) is 5.38 Å². The average molecular weight is 224 g/mol. The smallest absolute Gasteiger partial charge is 0.445 e. The van der Waals surface area contributed by atoms with E-state index in [2.05, 4.69) is 0 Å². The van der Waals surface area contributed by atoms with Gasteiger partial charge < -0.3 is 12.9 Å². The van der Waals surface area contributed by atoms with Crippen molar-refractivity contribution in [3.63, 3.8) is 0 Å². The molecule has 7 heteroatoms. The van der Waals surface area contributed by atoms with E-state index in [0.717, 1.165) is 16.7 Å². The van der Waals surface area contributed by atoms with Crippen molar-refractivity contribution in [3.05, 3.63) is 15.8 Å². The van der Waals surface area contributed by atoms with Crippen LogP contribution in [0.1, 0.15) is 0 Å². The summed E-state index contributed by atoms with van der Waals surface area (Å²) in [5.74, 6) is 0. The zero-order chi connectivity index (χ0) is 7.78. The SMILES string of the molecule is F[B-](F)(F)c1cscc1Cl.[K+]. The van der Waals surface area contributed by atoms with Gasteiger partial charge in [-0.3, -0.25) is 0 Å². The molecule has 1 aromatic heterocycles. The summed E-state index contributed by atoms with van der Waals surface area (Å²) in [6.45, 7) is -4.91. The maximum Gasteiger partial charge on any atom is 1.00 e. The summed E-state index contributed by atoms with van der Waals surface area (Å²) in [4.78, 5) is 0. The molecule has 1 heterocycles. The van der Waals surface area contributed by atoms with E-state index in [4.69, 9.17) is 11.6 Å². The monoisotopic (exact) mass is 224 g/mol. The summed E-state index contributed by atoms with van der Waals surface area (Å²) >= 11 is 6.19. The molecule has 0 atom stereocenters. The molecule has 0 nitrogen and oxygen atoms in total. The molecule has 0 radical (unpaired) electrons. The Morgan fingerprint density at radius 3 is 2.00 bits per heavy atom. The van der Waals surface area contributed by atoms with Gasteiger partial charge in [-0.15, -0.1) is 0 Å². The van der Waals surface area contributed by atoms with Crippen molar-refractivity contribution in [2.45, 2.75) is 0 Å². The van der Waals surface area contributed by atoms with Crippen LogP contribution in [0.2, 0.25) is 5.02 Å². The average Bonchev–Trinajstić information content (AvgIpc) is 2.11. The molecule has 0 saturated heterocycles. The zero-order valence-electron chi connectivity index (χ0n) is 5.65. The molecule has 1 aromatic rings. The standard InChI is InChI=1S/C4H2BClF3S.K/c6-4-2-10-1-3(4)5(7,8)9;/h1-2H;/q-1;+1. The van der Waals surface area contributed by atoms with E-state index in [9.17, 15) is 12.9 Å². The first kappa shape index (κ1) is 12.5. The van der Waals surface area contributed by atoms with E-state index in [1.54, 1.807) is 0 Å². The van der Waals surface area contributed by atoms with Crippen LogP contribution in [0.5, 0.6) is 0 Å². The van der Waals surface area contributed by atoms with Crippen LogP contribution in [0.15, 0.2) is 10.8 Å². The number of halogens is 4. The molecule has 0 amide bonds. The van der Waals surface area contributed by atoms with Gasteiger partial charge in [-0.2, -0.15) is 11.3 Å². The zero-order valence-corrected chi connectivity index (χ0v) is 10.3. The van der Waals surface area contributed by atoms with E-state index < -0.39 is 12.4 Å². The summed E-state index contributed by atoms with van der Waals surface area (Å²) < 4.78 is 35.6. The third-order valence-corrected chi connectivity index (χ3v) is 2.21. The maximum atomic E-state index is 11.9. The van der Waals surface area contributed by atoms with E-state index >= 15 is 0 Å². The summed E-state index contributed by atoms with van der Waals surface area (Å²) in [6.07, 6.45) is 0. The second kappa shape index (κ2) is 4.64. The summed E-state index contributed by atoms with van der Waals surface area (Å²) in [7, 11) is 0. The van der Waals surface area contributed by atoms with Crippen molar-refractivity contribution in [2.75, 3.05) is 0 Å². The molecule has 11 heavy (non-hydrogen) atoms. The summed E-state index contributed by atoms with van der Waals surface area (Å²) in [6, 6.07) is 0. The van der Waals surface area contributed by atoms with Crippen molar-refractivity contribution in [2.24, 2.45) is 0 Å². The number of hydrogen-bond donors (Lipinski definition) is 0. The minimum atomic E-state index is -4.91. The largest absolute Gasteiger partial charge is 1.00 e. The second-order valence-electron chi connectivity index (χ2n) is 1.75. The van der Waals surface area contributed by atoms with E-state index in [1.165, 1.54) is 5.38 Å². The topological polar surface area (TPSA) is 0 Å². The Balaban J connectivity index is 0.000001000. The van der Waals surface area contributed by atoms with Crippen LogP contribution < -0.4 is 56.8 Å². The van der Waals surface area contributed by atoms with Crippen LogP contribution in [-0.4, -0.2) is 6.98 Å². The van der Waals surface area contributed by atoms with Crippen LogP contribution in [-0.2, 0) is 0 Å². The van der Waals surface area contributed by atoms with Gasteiger partial charge >= 0.3 is 58.4 Å². The molecule has 0 aliphatic carbocycles. The molecular weight excluding hydrogens is 222 g/mol. The first-order chi connectivity index (χ1) is 4.52. The van der Waals surface area contributed by atoms with Gasteiger partial charge in [0.15, 0.2) is 0 Å². The molecule has 0 saturated carbocycles. The quantitative estimate of drug-likeness (QED) is 0.562. The first-order valence-electron chi connectivity index (χ1n) is 2.43. The van der Waals surface area contributed by atoms with Crippen LogP contribution in [0.25, 0.3) is 0 Å². The van der Waals surface area contributed by atoms with E-state index in [1.807, 2.05) is 0 Å². The van der Waals surface area contributed by atoms with Gasteiger partial charge in [0, 0.05) is 10.4 Å². The van der Waals surface area contributed by atoms with Crippen molar-refractivity contribution < 1.29 is 64.3 Å². The molecule has 0 spiro atoms. The Labute approximate surface area is 114 Å². The van der Waals surface area contributed by atoms with Gasteiger partial charge in [0.25, 0.3) is 0 Å². The molecule has 0 aliphatic heterocycles. The Morgan fingerprint density at radius 2 is 1.82 bits per heavy atom. The van der Waals surface area contributed by atoms with E-state index in [0.29, 0.717) is 0 Å². The molecule has 0 N–H and O–H groups in total. The second-order valence-corrected chi connectivity index (χ2v) is 2.90. The molecule has 0 aliphatic rings. The van der Waals surface area contributed by atoms with Crippen LogP contribution in [0, 0.1) is 0 Å². The fourth-order valence-corrected chi connectivity index (χ4v) is 1.67. The third kappa shape index (κ3) is 3.38. The van der Waals surface area contributed by atoms with Gasteiger partial charge in [0.05, 0.1) is 0 Å². The molecule has 0 bridgehead atoms. The predicted octanol–water partition coefficient (Wildman–Crippen LogP) is -0.540. The Kier molecular flexibility index (Phi) is 5.27. The van der Waals surface area contributed by atoms with Crippen LogP contribution in [0.3, 0.4) is 0 Å². The van der Waals surface area contributed by atoms with Gasteiger partial charge in [-0.25, -0.2) is 0 Å². The predicted molar refractivity (Wildman–Crippen MR) is 38.0 cm³/mol. The van der Waals surface area contributed by atoms with Gasteiger partial charge in [0.1, 0.15) is 0 Å². The van der Waals surface area contributed by atoms with Crippen molar-refractivity contribution in [1.82, 2.24) is 0 Å². The maximum absolute atomic E-state index is 11.9. The fraction of sp³-hybridized carbons (Fsp3) is 0. The summed E-state index contributed by atoms with van der Waals surface area (Å²) in [5, 5.41) is 2.09. The van der Waals surface area contributed by atoms with Gasteiger partial charge in [0.2, 0.25) is 0 Å². The molecule has 0 aromatic carbocycles. The minimum Gasteiger partial charge on any atom is -0.445 e. The summed E-state index contributed by atoms with van der Waals surface area (Å²) in [5.41, 5.74) is -0.688. The van der Waals surface area contributed by atoms with Crippen LogP contribution >= 0.6 is 22.9 Å². The van der Waals surface area contributed by atoms with E-state index in [-0.39, 0.29) is 56.4 Å². The molecule has 0 unspecified atom stereocenters. The molecular formula is C4H2BClF3KS. The Hall–Kier alpha value is 1.48. The minimum absolute atomic E-state index is 0. The fourth-order valence-electron chi connectivity index (χ4n) is 0.525.